The van der Waals surface area contributed by atoms with Gasteiger partial charge in [0.1, 0.15) is 28.9 Å². The number of benzene rings is 1. The molecule has 0 saturated heterocycles. The van der Waals surface area contributed by atoms with Gasteiger partial charge in [0, 0.05) is 17.4 Å². The molecule has 3 heterocycles. The molecule has 30 heavy (non-hydrogen) atoms. The van der Waals surface area contributed by atoms with E-state index in [0.717, 1.165) is 30.5 Å². The van der Waals surface area contributed by atoms with Crippen LogP contribution in [0.5, 0.6) is 0 Å². The summed E-state index contributed by atoms with van der Waals surface area (Å²) in [5, 5.41) is 6.38. The number of hydrogen-bond donors (Lipinski definition) is 2. The SMILES string of the molecule is NC1=NC(c2cc(NC(=O)c3ccc(F)cn3)ccc2F)(C(F)F)Cn2nccc21. The monoisotopic (exact) mass is 418 g/mol. The molecule has 1 aliphatic heterocycles. The number of rotatable bonds is 4. The summed E-state index contributed by atoms with van der Waals surface area (Å²) >= 11 is 0. The number of nitrogens with one attached hydrogen (secondary N) is 1. The highest BCUT2D eigenvalue weighted by Gasteiger charge is 2.47. The van der Waals surface area contributed by atoms with Gasteiger partial charge in [0.2, 0.25) is 0 Å². The maximum atomic E-state index is 14.7. The summed E-state index contributed by atoms with van der Waals surface area (Å²) in [6.45, 7) is -0.443. The van der Waals surface area contributed by atoms with Crippen LogP contribution in [-0.2, 0) is 12.1 Å². The van der Waals surface area contributed by atoms with Gasteiger partial charge in [-0.25, -0.2) is 27.5 Å². The fraction of sp³-hybridized carbons (Fsp3) is 0.158. The molecule has 0 fully saturated rings. The molecule has 0 aliphatic carbocycles. The van der Waals surface area contributed by atoms with Crippen molar-refractivity contribution in [2.45, 2.75) is 18.5 Å². The summed E-state index contributed by atoms with van der Waals surface area (Å²) in [4.78, 5) is 19.9. The summed E-state index contributed by atoms with van der Waals surface area (Å²) in [6, 6.07) is 6.92. The Morgan fingerprint density at radius 3 is 2.70 bits per heavy atom. The van der Waals surface area contributed by atoms with E-state index in [1.807, 2.05) is 0 Å². The summed E-state index contributed by atoms with van der Waals surface area (Å²) in [5.74, 6) is -2.50. The summed E-state index contributed by atoms with van der Waals surface area (Å²) in [7, 11) is 0. The van der Waals surface area contributed by atoms with Crippen LogP contribution in [0.1, 0.15) is 21.7 Å². The third-order valence-electron chi connectivity index (χ3n) is 4.70. The van der Waals surface area contributed by atoms with Crippen molar-refractivity contribution in [2.75, 3.05) is 5.32 Å². The van der Waals surface area contributed by atoms with E-state index in [1.54, 1.807) is 0 Å². The molecule has 0 radical (unpaired) electrons. The number of anilines is 1. The molecule has 154 valence electrons. The second kappa shape index (κ2) is 7.25. The maximum Gasteiger partial charge on any atom is 0.274 e. The molecular weight excluding hydrogens is 404 g/mol. The van der Waals surface area contributed by atoms with E-state index in [-0.39, 0.29) is 17.2 Å². The lowest BCUT2D eigenvalue weighted by atomic mass is 9.88. The van der Waals surface area contributed by atoms with Gasteiger partial charge in [-0.1, -0.05) is 0 Å². The smallest absolute Gasteiger partial charge is 0.274 e. The predicted molar refractivity (Wildman–Crippen MR) is 99.2 cm³/mol. The first-order valence-electron chi connectivity index (χ1n) is 8.69. The Kier molecular flexibility index (Phi) is 4.72. The number of hydrogen-bond acceptors (Lipinski definition) is 5. The topological polar surface area (TPSA) is 98.2 Å². The van der Waals surface area contributed by atoms with Gasteiger partial charge in [-0.15, -0.1) is 0 Å². The number of halogens is 4. The van der Waals surface area contributed by atoms with Crippen LogP contribution >= 0.6 is 0 Å². The number of fused-ring (bicyclic) bond motifs is 1. The Morgan fingerprint density at radius 2 is 2.00 bits per heavy atom. The zero-order chi connectivity index (χ0) is 21.5. The summed E-state index contributed by atoms with van der Waals surface area (Å²) in [6.07, 6.45) is -0.882. The Labute approximate surface area is 167 Å². The van der Waals surface area contributed by atoms with Crippen molar-refractivity contribution >= 4 is 17.4 Å². The minimum Gasteiger partial charge on any atom is -0.382 e. The van der Waals surface area contributed by atoms with Crippen LogP contribution in [0.3, 0.4) is 0 Å². The Morgan fingerprint density at radius 1 is 1.20 bits per heavy atom. The van der Waals surface area contributed by atoms with E-state index in [1.165, 1.54) is 23.0 Å². The zero-order valence-corrected chi connectivity index (χ0v) is 15.2. The minimum atomic E-state index is -3.12. The number of alkyl halides is 2. The molecule has 0 bridgehead atoms. The summed E-state index contributed by atoms with van der Waals surface area (Å²) in [5.41, 5.74) is 3.31. The van der Waals surface area contributed by atoms with Crippen LogP contribution in [-0.4, -0.2) is 32.9 Å². The number of nitrogens with zero attached hydrogens (tertiary/aromatic N) is 4. The van der Waals surface area contributed by atoms with Gasteiger partial charge in [0.25, 0.3) is 12.3 Å². The Hall–Kier alpha value is -3.76. The van der Waals surface area contributed by atoms with Gasteiger partial charge >= 0.3 is 0 Å². The first-order valence-corrected chi connectivity index (χ1v) is 8.69. The molecule has 3 N–H and O–H groups in total. The predicted octanol–water partition coefficient (Wildman–Crippen LogP) is 2.69. The van der Waals surface area contributed by atoms with Gasteiger partial charge in [0.05, 0.1) is 12.7 Å². The van der Waals surface area contributed by atoms with Gasteiger partial charge in [-0.05, 0) is 36.4 Å². The number of amidine groups is 1. The third-order valence-corrected chi connectivity index (χ3v) is 4.70. The molecular formula is C19H14F4N6O. The molecule has 1 aromatic carbocycles. The largest absolute Gasteiger partial charge is 0.382 e. The van der Waals surface area contributed by atoms with E-state index in [2.05, 4.69) is 20.4 Å². The Bertz CT molecular complexity index is 1140. The van der Waals surface area contributed by atoms with Crippen LogP contribution in [0.2, 0.25) is 0 Å². The second-order valence-electron chi connectivity index (χ2n) is 6.61. The van der Waals surface area contributed by atoms with Crippen molar-refractivity contribution in [3.05, 3.63) is 77.4 Å². The lowest BCUT2D eigenvalue weighted by Crippen LogP contribution is -2.45. The number of carbonyl (C=O) groups excluding carboxylic acids is 1. The number of nitrogens with two attached hydrogens (primary N) is 1. The fourth-order valence-corrected chi connectivity index (χ4v) is 3.23. The standard InChI is InChI=1S/C19H14F4N6O/c20-10-1-4-14(25-8-10)17(30)27-11-2-3-13(21)12(7-11)19(18(22)23)9-29-15(5-6-26-29)16(24)28-19/h1-8,18H,9H2,(H2,24,28)(H,27,30). The van der Waals surface area contributed by atoms with Crippen LogP contribution in [0.25, 0.3) is 0 Å². The average molecular weight is 418 g/mol. The average Bonchev–Trinajstić information content (AvgIpc) is 3.18. The molecule has 2 aromatic heterocycles. The van der Waals surface area contributed by atoms with Crippen molar-refractivity contribution in [1.82, 2.24) is 14.8 Å². The highest BCUT2D eigenvalue weighted by molar-refractivity contribution is 6.02. The number of carbonyl (C=O) groups is 1. The van der Waals surface area contributed by atoms with Crippen LogP contribution < -0.4 is 11.1 Å². The van der Waals surface area contributed by atoms with E-state index in [4.69, 9.17) is 5.73 Å². The van der Waals surface area contributed by atoms with Crippen LogP contribution in [0.4, 0.5) is 23.2 Å². The first-order chi connectivity index (χ1) is 14.3. The lowest BCUT2D eigenvalue weighted by molar-refractivity contribution is 0.0364. The van der Waals surface area contributed by atoms with Crippen LogP contribution in [0, 0.1) is 11.6 Å². The number of pyridine rings is 1. The molecule has 1 unspecified atom stereocenters. The number of aromatic nitrogens is 3. The van der Waals surface area contributed by atoms with E-state index in [0.29, 0.717) is 5.69 Å². The highest BCUT2D eigenvalue weighted by atomic mass is 19.3. The first kappa shape index (κ1) is 19.6. The van der Waals surface area contributed by atoms with E-state index >= 15 is 0 Å². The molecule has 1 amide bonds. The molecule has 3 aromatic rings. The van der Waals surface area contributed by atoms with E-state index < -0.39 is 41.6 Å². The molecule has 1 aliphatic rings. The summed E-state index contributed by atoms with van der Waals surface area (Å²) < 4.78 is 57.3. The minimum absolute atomic E-state index is 0.0302. The van der Waals surface area contributed by atoms with Crippen molar-refractivity contribution in [1.29, 1.82) is 0 Å². The Balaban J connectivity index is 1.72. The van der Waals surface area contributed by atoms with Gasteiger partial charge in [-0.2, -0.15) is 5.10 Å². The van der Waals surface area contributed by atoms with Crippen LogP contribution in [0.15, 0.2) is 53.8 Å². The number of aliphatic imine (C=N–C) groups is 1. The molecule has 7 nitrogen and oxygen atoms in total. The fourth-order valence-electron chi connectivity index (χ4n) is 3.23. The molecule has 11 heteroatoms. The molecule has 1 atom stereocenters. The maximum absolute atomic E-state index is 14.7. The van der Waals surface area contributed by atoms with Gasteiger partial charge in [-0.3, -0.25) is 9.48 Å². The van der Waals surface area contributed by atoms with Crippen molar-refractivity contribution in [2.24, 2.45) is 10.7 Å². The second-order valence-corrected chi connectivity index (χ2v) is 6.61. The highest BCUT2D eigenvalue weighted by Crippen LogP contribution is 2.39. The number of amides is 1. The van der Waals surface area contributed by atoms with Gasteiger partial charge in [0.15, 0.2) is 5.54 Å². The van der Waals surface area contributed by atoms with Crippen molar-refractivity contribution in [3.8, 4) is 0 Å². The van der Waals surface area contributed by atoms with Crippen molar-refractivity contribution < 1.29 is 22.4 Å². The lowest BCUT2D eigenvalue weighted by Gasteiger charge is -2.34. The quantitative estimate of drug-likeness (QED) is 0.637. The normalized spacial score (nSPS) is 18.1. The van der Waals surface area contributed by atoms with Gasteiger partial charge < -0.3 is 11.1 Å². The van der Waals surface area contributed by atoms with E-state index in [9.17, 15) is 22.4 Å². The molecule has 0 saturated carbocycles. The molecule has 0 spiro atoms. The zero-order valence-electron chi connectivity index (χ0n) is 15.2. The van der Waals surface area contributed by atoms with Crippen molar-refractivity contribution in [3.63, 3.8) is 0 Å². The molecule has 4 rings (SSSR count). The third kappa shape index (κ3) is 3.27.